The van der Waals surface area contributed by atoms with Crippen LogP contribution in [0.4, 0.5) is 11.4 Å². The highest BCUT2D eigenvalue weighted by Gasteiger charge is 2.11. The number of non-ortho nitro benzene ring substituents is 1. The molecule has 8 heteroatoms. The van der Waals surface area contributed by atoms with Gasteiger partial charge in [0.1, 0.15) is 9.84 Å². The Labute approximate surface area is 123 Å². The average molecular weight is 318 g/mol. The minimum absolute atomic E-state index is 0.0466. The molecule has 1 N–H and O–H groups in total. The van der Waals surface area contributed by atoms with E-state index in [1.165, 1.54) is 30.2 Å². The number of thioether (sulfide) groups is 1. The summed E-state index contributed by atoms with van der Waals surface area (Å²) in [6.07, 6.45) is 1.20. The van der Waals surface area contributed by atoms with Crippen LogP contribution in [0.25, 0.3) is 0 Å². The van der Waals surface area contributed by atoms with Crippen LogP contribution in [0.5, 0.6) is 0 Å². The van der Waals surface area contributed by atoms with E-state index in [9.17, 15) is 18.5 Å². The van der Waals surface area contributed by atoms with Gasteiger partial charge in [-0.05, 0) is 18.6 Å². The highest BCUT2D eigenvalue weighted by Crippen LogP contribution is 2.26. The standard InChI is InChI=1S/C12H18N2O4S2/c1-3-13-12-5-4-11(14(15)16)8-10(12)9-19-6-7-20(2,17)18/h4-5,8,13H,3,6-7,9H2,1-2H3. The normalized spacial score (nSPS) is 11.3. The monoisotopic (exact) mass is 318 g/mol. The van der Waals surface area contributed by atoms with Crippen molar-refractivity contribution in [3.05, 3.63) is 33.9 Å². The van der Waals surface area contributed by atoms with E-state index in [0.29, 0.717) is 11.5 Å². The smallest absolute Gasteiger partial charge is 0.269 e. The molecule has 0 aromatic heterocycles. The number of nitro groups is 1. The van der Waals surface area contributed by atoms with Gasteiger partial charge in [-0.1, -0.05) is 0 Å². The van der Waals surface area contributed by atoms with Crippen molar-refractivity contribution in [1.29, 1.82) is 0 Å². The number of rotatable bonds is 8. The van der Waals surface area contributed by atoms with Crippen LogP contribution < -0.4 is 5.32 Å². The Morgan fingerprint density at radius 1 is 1.40 bits per heavy atom. The van der Waals surface area contributed by atoms with Crippen LogP contribution in [-0.4, -0.2) is 37.6 Å². The first-order valence-electron chi connectivity index (χ1n) is 6.10. The average Bonchev–Trinajstić information content (AvgIpc) is 2.35. The number of hydrogen-bond donors (Lipinski definition) is 1. The van der Waals surface area contributed by atoms with Gasteiger partial charge in [0.2, 0.25) is 0 Å². The Balaban J connectivity index is 2.74. The van der Waals surface area contributed by atoms with E-state index in [1.54, 1.807) is 6.07 Å². The molecule has 0 unspecified atom stereocenters. The third kappa shape index (κ3) is 5.79. The predicted octanol–water partition coefficient (Wildman–Crippen LogP) is 2.30. The van der Waals surface area contributed by atoms with E-state index in [4.69, 9.17) is 0 Å². The summed E-state index contributed by atoms with van der Waals surface area (Å²) in [6.45, 7) is 2.67. The maximum absolute atomic E-state index is 11.0. The molecule has 0 atom stereocenters. The van der Waals surface area contributed by atoms with Crippen LogP contribution >= 0.6 is 11.8 Å². The maximum Gasteiger partial charge on any atom is 0.269 e. The topological polar surface area (TPSA) is 89.3 Å². The molecule has 0 aliphatic carbocycles. The fourth-order valence-corrected chi connectivity index (χ4v) is 3.85. The summed E-state index contributed by atoms with van der Waals surface area (Å²) in [4.78, 5) is 10.4. The Kier molecular flexibility index (Phi) is 6.28. The molecule has 0 heterocycles. The fraction of sp³-hybridized carbons (Fsp3) is 0.500. The molecule has 0 spiro atoms. The Morgan fingerprint density at radius 2 is 2.10 bits per heavy atom. The highest BCUT2D eigenvalue weighted by atomic mass is 32.2. The second-order valence-corrected chi connectivity index (χ2v) is 7.68. The zero-order chi connectivity index (χ0) is 15.2. The van der Waals surface area contributed by atoms with Crippen LogP contribution in [0.1, 0.15) is 12.5 Å². The van der Waals surface area contributed by atoms with Crippen LogP contribution in [0.3, 0.4) is 0 Å². The van der Waals surface area contributed by atoms with E-state index < -0.39 is 14.8 Å². The van der Waals surface area contributed by atoms with Gasteiger partial charge < -0.3 is 5.32 Å². The molecular weight excluding hydrogens is 300 g/mol. The number of nitrogens with one attached hydrogen (secondary N) is 1. The SMILES string of the molecule is CCNc1ccc([N+](=O)[O-])cc1CSCCS(C)(=O)=O. The fourth-order valence-electron chi connectivity index (χ4n) is 1.57. The summed E-state index contributed by atoms with van der Waals surface area (Å²) in [6, 6.07) is 4.68. The lowest BCUT2D eigenvalue weighted by molar-refractivity contribution is -0.384. The van der Waals surface area contributed by atoms with Crippen molar-refractivity contribution in [1.82, 2.24) is 0 Å². The third-order valence-electron chi connectivity index (χ3n) is 2.52. The summed E-state index contributed by atoms with van der Waals surface area (Å²) in [5, 5.41) is 13.9. The van der Waals surface area contributed by atoms with Gasteiger partial charge in [-0.3, -0.25) is 10.1 Å². The van der Waals surface area contributed by atoms with Crippen molar-refractivity contribution < 1.29 is 13.3 Å². The number of nitro benzene ring substituents is 1. The molecule has 20 heavy (non-hydrogen) atoms. The molecule has 0 saturated heterocycles. The van der Waals surface area contributed by atoms with Crippen molar-refractivity contribution >= 4 is 33.0 Å². The molecule has 1 aromatic rings. The quantitative estimate of drug-likeness (QED) is 0.449. The van der Waals surface area contributed by atoms with Crippen molar-refractivity contribution in [2.45, 2.75) is 12.7 Å². The van der Waals surface area contributed by atoms with E-state index in [0.717, 1.165) is 17.8 Å². The number of anilines is 1. The van der Waals surface area contributed by atoms with Crippen LogP contribution in [-0.2, 0) is 15.6 Å². The lowest BCUT2D eigenvalue weighted by atomic mass is 10.2. The van der Waals surface area contributed by atoms with Crippen LogP contribution in [0.15, 0.2) is 18.2 Å². The Bertz CT molecular complexity index is 573. The second-order valence-electron chi connectivity index (χ2n) is 4.31. The molecule has 112 valence electrons. The summed E-state index contributed by atoms with van der Waals surface area (Å²) in [5.74, 6) is 1.13. The third-order valence-corrected chi connectivity index (χ3v) is 4.73. The minimum atomic E-state index is -2.97. The molecule has 1 rings (SSSR count). The zero-order valence-corrected chi connectivity index (χ0v) is 13.1. The molecule has 0 bridgehead atoms. The molecule has 0 saturated carbocycles. The first kappa shape index (κ1) is 16.8. The molecule has 0 aliphatic rings. The van der Waals surface area contributed by atoms with Gasteiger partial charge in [0.15, 0.2) is 0 Å². The number of sulfone groups is 1. The molecule has 0 radical (unpaired) electrons. The first-order chi connectivity index (χ1) is 9.33. The zero-order valence-electron chi connectivity index (χ0n) is 11.5. The van der Waals surface area contributed by atoms with E-state index in [2.05, 4.69) is 5.32 Å². The minimum Gasteiger partial charge on any atom is -0.385 e. The number of hydrogen-bond acceptors (Lipinski definition) is 6. The lowest BCUT2D eigenvalue weighted by Gasteiger charge is -2.10. The summed E-state index contributed by atoms with van der Waals surface area (Å²) >= 11 is 1.45. The second kappa shape index (κ2) is 7.49. The number of benzene rings is 1. The van der Waals surface area contributed by atoms with Gasteiger partial charge >= 0.3 is 0 Å². The molecule has 0 fully saturated rings. The molecule has 0 amide bonds. The van der Waals surface area contributed by atoms with Gasteiger partial charge in [0, 0.05) is 42.1 Å². The van der Waals surface area contributed by atoms with E-state index >= 15 is 0 Å². The number of nitrogens with zero attached hydrogens (tertiary/aromatic N) is 1. The molecule has 0 aliphatic heterocycles. The van der Waals surface area contributed by atoms with Crippen molar-refractivity contribution in [3.8, 4) is 0 Å². The largest absolute Gasteiger partial charge is 0.385 e. The van der Waals surface area contributed by atoms with E-state index in [-0.39, 0.29) is 11.4 Å². The lowest BCUT2D eigenvalue weighted by Crippen LogP contribution is -2.06. The Hall–Kier alpha value is -1.28. The summed E-state index contributed by atoms with van der Waals surface area (Å²) in [7, 11) is -2.97. The molecule has 6 nitrogen and oxygen atoms in total. The summed E-state index contributed by atoms with van der Waals surface area (Å²) < 4.78 is 22.1. The van der Waals surface area contributed by atoms with Crippen LogP contribution in [0, 0.1) is 10.1 Å². The Morgan fingerprint density at radius 3 is 2.65 bits per heavy atom. The van der Waals surface area contributed by atoms with Crippen molar-refractivity contribution in [3.63, 3.8) is 0 Å². The van der Waals surface area contributed by atoms with E-state index in [1.807, 2.05) is 6.92 Å². The van der Waals surface area contributed by atoms with Crippen molar-refractivity contribution in [2.24, 2.45) is 0 Å². The first-order valence-corrected chi connectivity index (χ1v) is 9.31. The van der Waals surface area contributed by atoms with Gasteiger partial charge in [-0.2, -0.15) is 11.8 Å². The predicted molar refractivity (Wildman–Crippen MR) is 83.1 cm³/mol. The van der Waals surface area contributed by atoms with Gasteiger partial charge in [0.05, 0.1) is 10.7 Å². The van der Waals surface area contributed by atoms with Gasteiger partial charge in [-0.25, -0.2) is 8.42 Å². The van der Waals surface area contributed by atoms with Crippen molar-refractivity contribution in [2.75, 3.05) is 29.6 Å². The van der Waals surface area contributed by atoms with Gasteiger partial charge in [0.25, 0.3) is 5.69 Å². The highest BCUT2D eigenvalue weighted by molar-refractivity contribution is 7.99. The van der Waals surface area contributed by atoms with Crippen LogP contribution in [0.2, 0.25) is 0 Å². The molecule has 1 aromatic carbocycles. The summed E-state index contributed by atoms with van der Waals surface area (Å²) in [5.41, 5.74) is 1.72. The van der Waals surface area contributed by atoms with Gasteiger partial charge in [-0.15, -0.1) is 0 Å². The molecular formula is C12H18N2O4S2. The maximum atomic E-state index is 11.0.